The van der Waals surface area contributed by atoms with Gasteiger partial charge in [-0.25, -0.2) is 0 Å². The first-order chi connectivity index (χ1) is 9.42. The Bertz CT molecular complexity index is 699. The molecule has 1 heterocycles. The third-order valence-corrected chi connectivity index (χ3v) is 4.01. The van der Waals surface area contributed by atoms with Crippen molar-refractivity contribution in [2.75, 3.05) is 0 Å². The van der Waals surface area contributed by atoms with Crippen LogP contribution in [0.3, 0.4) is 0 Å². The average molecular weight is 306 g/mol. The molecule has 1 aliphatic rings. The summed E-state index contributed by atoms with van der Waals surface area (Å²) in [6, 6.07) is 14.0. The van der Waals surface area contributed by atoms with Crippen molar-refractivity contribution in [1.29, 1.82) is 5.41 Å². The van der Waals surface area contributed by atoms with E-state index in [4.69, 9.17) is 9.93 Å². The second-order valence-electron chi connectivity index (χ2n) is 4.06. The molecule has 21 heavy (non-hydrogen) atoms. The summed E-state index contributed by atoms with van der Waals surface area (Å²) in [4.78, 5) is 11.8. The molecule has 1 unspecified atom stereocenters. The van der Waals surface area contributed by atoms with E-state index in [-0.39, 0.29) is 18.7 Å². The van der Waals surface area contributed by atoms with Crippen LogP contribution in [0.25, 0.3) is 11.1 Å². The number of guanidine groups is 1. The number of nitrogens with two attached hydrogens (primary N) is 2. The Balaban J connectivity index is 0.000000397. The van der Waals surface area contributed by atoms with E-state index >= 15 is 0 Å². The number of nitrogens with one attached hydrogen (secondary N) is 1. The lowest BCUT2D eigenvalue weighted by Gasteiger charge is -2.31. The highest BCUT2D eigenvalue weighted by Crippen LogP contribution is 2.48. The van der Waals surface area contributed by atoms with Crippen LogP contribution >= 0.6 is 7.60 Å². The fourth-order valence-electron chi connectivity index (χ4n) is 1.89. The van der Waals surface area contributed by atoms with E-state index in [1.807, 2.05) is 18.2 Å². The van der Waals surface area contributed by atoms with Crippen LogP contribution in [-0.4, -0.2) is 5.96 Å². The van der Waals surface area contributed by atoms with E-state index in [2.05, 4.69) is 11.5 Å². The highest BCUT2D eigenvalue weighted by atomic mass is 31.2. The van der Waals surface area contributed by atoms with Crippen LogP contribution in [-0.2, 0) is 4.57 Å². The van der Waals surface area contributed by atoms with E-state index in [0.717, 1.165) is 5.56 Å². The molecule has 0 aliphatic carbocycles. The summed E-state index contributed by atoms with van der Waals surface area (Å²) >= 11 is 0. The zero-order chi connectivity index (χ0) is 14.8. The summed E-state index contributed by atoms with van der Waals surface area (Å²) in [6.45, 7) is 0. The number of hydrogen-bond acceptors (Lipinski definition) is 4. The third-order valence-electron chi connectivity index (χ3n) is 2.59. The Kier molecular flexibility index (Phi) is 5.13. The molecule has 0 aromatic heterocycles. The molecule has 3 rings (SSSR count). The molecule has 5 N–H and O–H groups in total. The topological polar surface area (TPSA) is 125 Å². The Morgan fingerprint density at radius 1 is 1.05 bits per heavy atom. The quantitative estimate of drug-likeness (QED) is 0.385. The van der Waals surface area contributed by atoms with Gasteiger partial charge in [-0.3, -0.25) is 9.97 Å². The molecule has 0 fully saturated rings. The van der Waals surface area contributed by atoms with E-state index < -0.39 is 7.60 Å². The van der Waals surface area contributed by atoms with Crippen molar-refractivity contribution in [3.05, 3.63) is 48.5 Å². The predicted molar refractivity (Wildman–Crippen MR) is 82.6 cm³/mol. The fourth-order valence-corrected chi connectivity index (χ4v) is 3.16. The minimum absolute atomic E-state index is 0. The third kappa shape index (κ3) is 3.62. The van der Waals surface area contributed by atoms with Gasteiger partial charge in [0.2, 0.25) is 7.60 Å². The normalized spacial score (nSPS) is 17.8. The molecule has 0 saturated heterocycles. The van der Waals surface area contributed by atoms with Gasteiger partial charge in [-0.15, -0.1) is 0 Å². The minimum atomic E-state index is -3.96. The van der Waals surface area contributed by atoms with Gasteiger partial charge in [0.1, 0.15) is 5.75 Å². The van der Waals surface area contributed by atoms with Gasteiger partial charge in [0.05, 0.1) is 0 Å². The number of para-hydroxylation sites is 1. The summed E-state index contributed by atoms with van der Waals surface area (Å²) in [5.41, 5.74) is 10.5. The first kappa shape index (κ1) is 16.8. The summed E-state index contributed by atoms with van der Waals surface area (Å²) in [6.07, 6.45) is 0. The van der Waals surface area contributed by atoms with Gasteiger partial charge in [-0.1, -0.05) is 43.8 Å². The second-order valence-corrected chi connectivity index (χ2v) is 5.72. The molecule has 2 aromatic carbocycles. The average Bonchev–Trinajstić information content (AvgIpc) is 2.38. The SMILES string of the molecule is C.N=C(N)N.O=P1([O-])Oc2ccccc2-c2ccccc21. The maximum absolute atomic E-state index is 11.8. The van der Waals surface area contributed by atoms with Gasteiger partial charge < -0.3 is 20.9 Å². The first-order valence-corrected chi connectivity index (χ1v) is 7.25. The van der Waals surface area contributed by atoms with Crippen LogP contribution in [0.15, 0.2) is 48.5 Å². The Morgan fingerprint density at radius 2 is 1.52 bits per heavy atom. The van der Waals surface area contributed by atoms with Gasteiger partial charge in [0.15, 0.2) is 5.96 Å². The van der Waals surface area contributed by atoms with Crippen LogP contribution in [0.1, 0.15) is 7.43 Å². The summed E-state index contributed by atoms with van der Waals surface area (Å²) in [5.74, 6) is 0.0690. The molecule has 0 radical (unpaired) electrons. The molecule has 7 heteroatoms. The number of fused-ring (bicyclic) bond motifs is 3. The van der Waals surface area contributed by atoms with Crippen LogP contribution in [0.5, 0.6) is 5.75 Å². The highest BCUT2D eigenvalue weighted by molar-refractivity contribution is 7.60. The van der Waals surface area contributed by atoms with Crippen molar-refractivity contribution in [2.24, 2.45) is 11.5 Å². The molecule has 1 atom stereocenters. The maximum Gasteiger partial charge on any atom is 0.214 e. The standard InChI is InChI=1S/C12H9O3P.CH5N3.CH4/c13-16(14)12-8-4-2-6-10(12)9-5-1-3-7-11(9)15-16;2-1(3)4;/h1-8H,(H,13,14);(H5,2,3,4);1H4/p-1. The van der Waals surface area contributed by atoms with Gasteiger partial charge in [0, 0.05) is 10.9 Å². The highest BCUT2D eigenvalue weighted by Gasteiger charge is 2.26. The second kappa shape index (κ2) is 6.43. The molecule has 0 spiro atoms. The van der Waals surface area contributed by atoms with Crippen molar-refractivity contribution in [3.63, 3.8) is 0 Å². The molecule has 6 nitrogen and oxygen atoms in total. The zero-order valence-corrected chi connectivity index (χ0v) is 11.3. The molecule has 112 valence electrons. The van der Waals surface area contributed by atoms with E-state index in [1.165, 1.54) is 0 Å². The summed E-state index contributed by atoms with van der Waals surface area (Å²) in [5, 5.41) is 6.31. The molecule has 0 bridgehead atoms. The maximum atomic E-state index is 11.8. The molecular formula is C14H17N3O3P-. The molecule has 1 aliphatic heterocycles. The molecule has 0 amide bonds. The van der Waals surface area contributed by atoms with Crippen molar-refractivity contribution in [1.82, 2.24) is 0 Å². The Hall–Kier alpha value is -2.30. The molecular weight excluding hydrogens is 289 g/mol. The minimum Gasteiger partial charge on any atom is -0.765 e. The van der Waals surface area contributed by atoms with Crippen LogP contribution in [0.2, 0.25) is 0 Å². The van der Waals surface area contributed by atoms with Gasteiger partial charge in [-0.05, 0) is 17.7 Å². The van der Waals surface area contributed by atoms with Crippen LogP contribution in [0, 0.1) is 5.41 Å². The largest absolute Gasteiger partial charge is 0.765 e. The van der Waals surface area contributed by atoms with Gasteiger partial charge in [0.25, 0.3) is 0 Å². The lowest BCUT2D eigenvalue weighted by molar-refractivity contribution is -0.186. The number of rotatable bonds is 0. The van der Waals surface area contributed by atoms with E-state index in [9.17, 15) is 9.46 Å². The fraction of sp³-hybridized carbons (Fsp3) is 0.0714. The smallest absolute Gasteiger partial charge is 0.214 e. The van der Waals surface area contributed by atoms with E-state index in [1.54, 1.807) is 30.3 Å². The number of benzene rings is 2. The lowest BCUT2D eigenvalue weighted by Crippen LogP contribution is -2.24. The van der Waals surface area contributed by atoms with Crippen molar-refractivity contribution in [2.45, 2.75) is 7.43 Å². The molecule has 0 saturated carbocycles. The van der Waals surface area contributed by atoms with Crippen molar-refractivity contribution >= 4 is 18.9 Å². The van der Waals surface area contributed by atoms with Crippen LogP contribution < -0.4 is 26.2 Å². The number of hydrogen-bond donors (Lipinski definition) is 3. The van der Waals surface area contributed by atoms with Gasteiger partial charge >= 0.3 is 0 Å². The van der Waals surface area contributed by atoms with Crippen molar-refractivity contribution < 1.29 is 14.0 Å². The monoisotopic (exact) mass is 306 g/mol. The summed E-state index contributed by atoms with van der Waals surface area (Å²) < 4.78 is 16.9. The zero-order valence-electron chi connectivity index (χ0n) is 10.4. The Labute approximate surface area is 123 Å². The Morgan fingerprint density at radius 3 is 2.14 bits per heavy atom. The van der Waals surface area contributed by atoms with Gasteiger partial charge in [-0.2, -0.15) is 0 Å². The van der Waals surface area contributed by atoms with E-state index in [0.29, 0.717) is 11.3 Å². The van der Waals surface area contributed by atoms with Crippen LogP contribution in [0.4, 0.5) is 0 Å². The van der Waals surface area contributed by atoms with Crippen molar-refractivity contribution in [3.8, 4) is 16.9 Å². The summed E-state index contributed by atoms with van der Waals surface area (Å²) in [7, 11) is -3.96. The predicted octanol–water partition coefficient (Wildman–Crippen LogP) is 1.40. The lowest BCUT2D eigenvalue weighted by atomic mass is 10.0. The first-order valence-electron chi connectivity index (χ1n) is 5.71. The molecule has 2 aromatic rings.